The fraction of sp³-hybridized carbons (Fsp3) is 0.733. The molecule has 0 aromatic carbocycles. The quantitative estimate of drug-likeness (QED) is 0.197. The second-order valence-electron chi connectivity index (χ2n) is 6.32. The van der Waals surface area contributed by atoms with Gasteiger partial charge in [-0.15, -0.1) is 0 Å². The van der Waals surface area contributed by atoms with Crippen molar-refractivity contribution in [2.75, 3.05) is 13.2 Å². The van der Waals surface area contributed by atoms with Gasteiger partial charge in [0.25, 0.3) is 0 Å². The summed E-state index contributed by atoms with van der Waals surface area (Å²) in [6.07, 6.45) is -0.946. The highest BCUT2D eigenvalue weighted by Crippen LogP contribution is 2.02. The molecule has 0 aromatic heterocycles. The zero-order valence-electron chi connectivity index (χ0n) is 15.1. The Morgan fingerprint density at radius 1 is 1.04 bits per heavy atom. The Bertz CT molecular complexity index is 510. The lowest BCUT2D eigenvalue weighted by Crippen LogP contribution is -2.57. The molecule has 0 aliphatic heterocycles. The summed E-state index contributed by atoms with van der Waals surface area (Å²) in [4.78, 5) is 46.4. The van der Waals surface area contributed by atoms with E-state index in [2.05, 4.69) is 10.6 Å². The van der Waals surface area contributed by atoms with E-state index in [-0.39, 0.29) is 5.92 Å². The zero-order valence-corrected chi connectivity index (χ0v) is 15.1. The molecular weight excluding hydrogens is 348 g/mol. The van der Waals surface area contributed by atoms with Gasteiger partial charge in [-0.1, -0.05) is 13.8 Å². The molecule has 150 valence electrons. The molecule has 26 heavy (non-hydrogen) atoms. The average molecular weight is 376 g/mol. The third-order valence-electron chi connectivity index (χ3n) is 3.37. The number of carboxylic acid groups (broad SMARTS) is 1. The number of carbonyl (C=O) groups is 4. The minimum absolute atomic E-state index is 0.197. The number of rotatable bonds is 11. The number of nitrogens with two attached hydrogens (primary N) is 1. The number of aliphatic hydroxyl groups excluding tert-OH is 2. The molecule has 11 nitrogen and oxygen atoms in total. The van der Waals surface area contributed by atoms with Gasteiger partial charge in [0.05, 0.1) is 25.3 Å². The first kappa shape index (κ1) is 23.8. The van der Waals surface area contributed by atoms with Crippen LogP contribution in [0, 0.1) is 5.92 Å². The molecule has 0 spiro atoms. The maximum Gasteiger partial charge on any atom is 0.328 e. The van der Waals surface area contributed by atoms with Crippen LogP contribution in [-0.4, -0.2) is 76.4 Å². The minimum Gasteiger partial charge on any atom is -0.480 e. The molecule has 0 aliphatic rings. The number of hydrogen-bond acceptors (Lipinski definition) is 7. The van der Waals surface area contributed by atoms with Gasteiger partial charge in [0.1, 0.15) is 6.04 Å². The summed E-state index contributed by atoms with van der Waals surface area (Å²) >= 11 is 0. The maximum absolute atomic E-state index is 11.9. The second kappa shape index (κ2) is 11.4. The molecule has 0 rings (SSSR count). The molecule has 0 heterocycles. The van der Waals surface area contributed by atoms with Gasteiger partial charge >= 0.3 is 5.97 Å². The van der Waals surface area contributed by atoms with Crippen molar-refractivity contribution in [1.29, 1.82) is 0 Å². The van der Waals surface area contributed by atoms with Crippen molar-refractivity contribution in [3.8, 4) is 0 Å². The maximum atomic E-state index is 11.9. The number of carbonyl (C=O) groups excluding carboxylic acids is 3. The molecule has 11 heteroatoms. The molecule has 0 radical (unpaired) electrons. The number of aliphatic carboxylic acids is 1. The number of amides is 3. The first-order valence-electron chi connectivity index (χ1n) is 8.14. The van der Waals surface area contributed by atoms with Crippen molar-refractivity contribution in [2.45, 2.75) is 51.4 Å². The Morgan fingerprint density at radius 2 is 1.62 bits per heavy atom. The van der Waals surface area contributed by atoms with Gasteiger partial charge in [0, 0.05) is 0 Å². The van der Waals surface area contributed by atoms with Crippen LogP contribution in [0.2, 0.25) is 0 Å². The number of carboxylic acids is 1. The van der Waals surface area contributed by atoms with E-state index in [4.69, 9.17) is 10.8 Å². The Morgan fingerprint density at radius 3 is 2.04 bits per heavy atom. The van der Waals surface area contributed by atoms with Crippen molar-refractivity contribution in [3.63, 3.8) is 0 Å². The van der Waals surface area contributed by atoms with Gasteiger partial charge in [0.15, 0.2) is 6.04 Å². The lowest BCUT2D eigenvalue weighted by molar-refractivity contribution is -0.145. The SMILES string of the molecule is CC(C)CC(N)C(=O)NCC(=O)NC(CO)C(=O)NC(C(=O)O)C(C)O. The van der Waals surface area contributed by atoms with Crippen molar-refractivity contribution in [1.82, 2.24) is 16.0 Å². The van der Waals surface area contributed by atoms with Gasteiger partial charge in [-0.05, 0) is 19.3 Å². The van der Waals surface area contributed by atoms with E-state index in [1.165, 1.54) is 6.92 Å². The van der Waals surface area contributed by atoms with E-state index in [9.17, 15) is 29.4 Å². The van der Waals surface area contributed by atoms with Crippen LogP contribution in [0.3, 0.4) is 0 Å². The summed E-state index contributed by atoms with van der Waals surface area (Å²) < 4.78 is 0. The Labute approximate surface area is 151 Å². The van der Waals surface area contributed by atoms with Gasteiger partial charge in [-0.2, -0.15) is 0 Å². The average Bonchev–Trinajstić information content (AvgIpc) is 2.53. The van der Waals surface area contributed by atoms with Crippen LogP contribution in [0.1, 0.15) is 27.2 Å². The summed E-state index contributed by atoms with van der Waals surface area (Å²) in [5, 5.41) is 33.9. The van der Waals surface area contributed by atoms with Crippen molar-refractivity contribution < 1.29 is 34.5 Å². The van der Waals surface area contributed by atoms with E-state index in [0.717, 1.165) is 0 Å². The first-order valence-corrected chi connectivity index (χ1v) is 8.14. The highest BCUT2D eigenvalue weighted by atomic mass is 16.4. The third-order valence-corrected chi connectivity index (χ3v) is 3.37. The largest absolute Gasteiger partial charge is 0.480 e. The van der Waals surface area contributed by atoms with Gasteiger partial charge in [0.2, 0.25) is 17.7 Å². The van der Waals surface area contributed by atoms with Crippen LogP contribution in [0.15, 0.2) is 0 Å². The molecule has 0 saturated carbocycles. The van der Waals surface area contributed by atoms with Crippen LogP contribution in [-0.2, 0) is 19.2 Å². The topological polar surface area (TPSA) is 191 Å². The Kier molecular flexibility index (Phi) is 10.4. The fourth-order valence-electron chi connectivity index (χ4n) is 2.00. The van der Waals surface area contributed by atoms with Gasteiger partial charge in [-0.25, -0.2) is 4.79 Å². The molecule has 0 fully saturated rings. The molecule has 8 N–H and O–H groups in total. The van der Waals surface area contributed by atoms with Crippen LogP contribution >= 0.6 is 0 Å². The number of aliphatic hydroxyl groups is 2. The van der Waals surface area contributed by atoms with E-state index < -0.39 is 61.1 Å². The normalized spacial score (nSPS) is 15.5. The summed E-state index contributed by atoms with van der Waals surface area (Å²) in [6, 6.07) is -3.81. The van der Waals surface area contributed by atoms with Crippen molar-refractivity contribution >= 4 is 23.7 Å². The molecule has 4 unspecified atom stereocenters. The van der Waals surface area contributed by atoms with Crippen LogP contribution < -0.4 is 21.7 Å². The molecule has 0 aromatic rings. The number of hydrogen-bond donors (Lipinski definition) is 7. The van der Waals surface area contributed by atoms with E-state index in [1.807, 2.05) is 19.2 Å². The fourth-order valence-corrected chi connectivity index (χ4v) is 2.00. The van der Waals surface area contributed by atoms with E-state index in [1.54, 1.807) is 0 Å². The summed E-state index contributed by atoms with van der Waals surface area (Å²) in [5.74, 6) is -3.56. The van der Waals surface area contributed by atoms with Crippen molar-refractivity contribution in [3.05, 3.63) is 0 Å². The molecule has 0 saturated heterocycles. The molecular formula is C15H28N4O7. The standard InChI is InChI=1S/C15H28N4O7/c1-7(2)4-9(16)13(23)17-5-11(22)18-10(6-20)14(24)19-12(8(3)21)15(25)26/h7-10,12,20-21H,4-6,16H2,1-3H3,(H,17,23)(H,18,22)(H,19,24)(H,25,26). The van der Waals surface area contributed by atoms with E-state index >= 15 is 0 Å². The van der Waals surface area contributed by atoms with Crippen LogP contribution in [0.4, 0.5) is 0 Å². The number of nitrogens with one attached hydrogen (secondary N) is 3. The summed E-state index contributed by atoms with van der Waals surface area (Å²) in [6.45, 7) is 3.68. The summed E-state index contributed by atoms with van der Waals surface area (Å²) in [7, 11) is 0. The summed E-state index contributed by atoms with van der Waals surface area (Å²) in [5.41, 5.74) is 5.66. The Hall–Kier alpha value is -2.24. The second-order valence-corrected chi connectivity index (χ2v) is 6.32. The monoisotopic (exact) mass is 376 g/mol. The first-order chi connectivity index (χ1) is 12.0. The predicted molar refractivity (Wildman–Crippen MR) is 90.7 cm³/mol. The highest BCUT2D eigenvalue weighted by molar-refractivity contribution is 5.92. The molecule has 3 amide bonds. The molecule has 4 atom stereocenters. The highest BCUT2D eigenvalue weighted by Gasteiger charge is 2.29. The lowest BCUT2D eigenvalue weighted by Gasteiger charge is -2.21. The smallest absolute Gasteiger partial charge is 0.328 e. The van der Waals surface area contributed by atoms with Crippen LogP contribution in [0.25, 0.3) is 0 Å². The zero-order chi connectivity index (χ0) is 20.4. The lowest BCUT2D eigenvalue weighted by atomic mass is 10.0. The predicted octanol–water partition coefficient (Wildman–Crippen LogP) is -3.10. The molecule has 0 aliphatic carbocycles. The molecule has 0 bridgehead atoms. The van der Waals surface area contributed by atoms with E-state index in [0.29, 0.717) is 6.42 Å². The Balaban J connectivity index is 4.57. The third kappa shape index (κ3) is 8.74. The van der Waals surface area contributed by atoms with Gasteiger partial charge in [-0.3, -0.25) is 14.4 Å². The minimum atomic E-state index is -1.60. The van der Waals surface area contributed by atoms with Crippen molar-refractivity contribution in [2.24, 2.45) is 11.7 Å². The van der Waals surface area contributed by atoms with Crippen LogP contribution in [0.5, 0.6) is 0 Å². The van der Waals surface area contributed by atoms with Gasteiger partial charge < -0.3 is 37.0 Å².